The normalized spacial score (nSPS) is 23.3. The number of ether oxygens (including phenoxy) is 1. The first kappa shape index (κ1) is 22.8. The maximum atomic E-state index is 13.1. The van der Waals surface area contributed by atoms with Crippen LogP contribution in [-0.4, -0.2) is 49.3 Å². The van der Waals surface area contributed by atoms with Crippen LogP contribution in [0.15, 0.2) is 24.3 Å². The molecule has 28 heavy (non-hydrogen) atoms. The quantitative estimate of drug-likeness (QED) is 0.674. The van der Waals surface area contributed by atoms with E-state index in [2.05, 4.69) is 19.2 Å². The molecule has 1 saturated heterocycles. The number of hydrogen-bond donors (Lipinski definition) is 1. The molecule has 0 radical (unpaired) electrons. The zero-order valence-corrected chi connectivity index (χ0v) is 17.9. The Balaban J connectivity index is 2.03. The second-order valence-electron chi connectivity index (χ2n) is 7.86. The first-order valence-electron chi connectivity index (χ1n) is 9.79. The number of nitrogens with one attached hydrogen (secondary N) is 1. The summed E-state index contributed by atoms with van der Waals surface area (Å²) in [6, 6.07) is 4.92. The lowest BCUT2D eigenvalue weighted by Gasteiger charge is -2.36. The number of carbonyl (C=O) groups is 1. The number of benzene rings is 1. The van der Waals surface area contributed by atoms with Gasteiger partial charge in [-0.25, -0.2) is 12.8 Å². The minimum absolute atomic E-state index is 0.0221. The molecule has 6 nitrogen and oxygen atoms in total. The van der Waals surface area contributed by atoms with Crippen molar-refractivity contribution in [1.82, 2.24) is 9.62 Å². The Labute approximate surface area is 167 Å². The summed E-state index contributed by atoms with van der Waals surface area (Å²) in [4.78, 5) is 12.1. The van der Waals surface area contributed by atoms with Crippen molar-refractivity contribution in [3.63, 3.8) is 0 Å². The summed E-state index contributed by atoms with van der Waals surface area (Å²) < 4.78 is 46.5. The molecule has 1 aliphatic rings. The Morgan fingerprint density at radius 3 is 2.57 bits per heavy atom. The smallest absolute Gasteiger partial charge is 0.251 e. The molecule has 0 unspecified atom stereocenters. The van der Waals surface area contributed by atoms with Crippen LogP contribution in [0.2, 0.25) is 0 Å². The Morgan fingerprint density at radius 2 is 2.00 bits per heavy atom. The summed E-state index contributed by atoms with van der Waals surface area (Å²) in [5, 5.41) is 2.60. The van der Waals surface area contributed by atoms with E-state index < -0.39 is 27.5 Å². The third-order valence-corrected chi connectivity index (χ3v) is 7.10. The SMILES string of the molecule is CC[C@H]1CO[C@](C)(CCC(C)C)N1S(=O)(=O)CCNC(=O)c1ccc(F)cc1. The van der Waals surface area contributed by atoms with Gasteiger partial charge in [0.15, 0.2) is 0 Å². The van der Waals surface area contributed by atoms with E-state index in [9.17, 15) is 17.6 Å². The number of nitrogens with zero attached hydrogens (tertiary/aromatic N) is 1. The van der Waals surface area contributed by atoms with Crippen molar-refractivity contribution in [3.8, 4) is 0 Å². The van der Waals surface area contributed by atoms with Crippen LogP contribution in [0.3, 0.4) is 0 Å². The molecule has 0 aromatic heterocycles. The highest BCUT2D eigenvalue weighted by molar-refractivity contribution is 7.89. The van der Waals surface area contributed by atoms with E-state index in [-0.39, 0.29) is 23.9 Å². The van der Waals surface area contributed by atoms with Crippen LogP contribution in [0.25, 0.3) is 0 Å². The fourth-order valence-electron chi connectivity index (χ4n) is 3.43. The average molecular weight is 415 g/mol. The lowest BCUT2D eigenvalue weighted by molar-refractivity contribution is -0.0433. The molecule has 0 saturated carbocycles. The van der Waals surface area contributed by atoms with Gasteiger partial charge in [0.25, 0.3) is 5.91 Å². The lowest BCUT2D eigenvalue weighted by Crippen LogP contribution is -2.51. The summed E-state index contributed by atoms with van der Waals surface area (Å²) in [7, 11) is -3.63. The van der Waals surface area contributed by atoms with E-state index in [1.54, 1.807) is 0 Å². The van der Waals surface area contributed by atoms with Gasteiger partial charge in [-0.15, -0.1) is 0 Å². The highest BCUT2D eigenvalue weighted by Crippen LogP contribution is 2.36. The first-order valence-corrected chi connectivity index (χ1v) is 11.4. The average Bonchev–Trinajstić information content (AvgIpc) is 2.98. The second-order valence-corrected chi connectivity index (χ2v) is 9.82. The number of rotatable bonds is 9. The standard InChI is InChI=1S/C20H31FN2O4S/c1-5-18-14-27-20(4,11-10-15(2)3)23(18)28(25,26)13-12-22-19(24)16-6-8-17(21)9-7-16/h6-9,15,18H,5,10-14H2,1-4H3,(H,22,24)/t18-,20+/m0/s1. The summed E-state index contributed by atoms with van der Waals surface area (Å²) in [5.41, 5.74) is -0.568. The number of hydrogen-bond acceptors (Lipinski definition) is 4. The van der Waals surface area contributed by atoms with E-state index in [1.807, 2.05) is 13.8 Å². The van der Waals surface area contributed by atoms with E-state index in [4.69, 9.17) is 4.74 Å². The predicted octanol–water partition coefficient (Wildman–Crippen LogP) is 3.15. The molecule has 1 aromatic carbocycles. The molecule has 2 rings (SSSR count). The van der Waals surface area contributed by atoms with E-state index in [0.29, 0.717) is 25.4 Å². The van der Waals surface area contributed by atoms with Gasteiger partial charge in [0.1, 0.15) is 11.5 Å². The van der Waals surface area contributed by atoms with E-state index in [1.165, 1.54) is 28.6 Å². The third kappa shape index (κ3) is 5.52. The molecule has 8 heteroatoms. The van der Waals surface area contributed by atoms with Gasteiger partial charge in [-0.1, -0.05) is 20.8 Å². The molecule has 0 spiro atoms. The molecule has 2 atom stereocenters. The van der Waals surface area contributed by atoms with Gasteiger partial charge in [0.05, 0.1) is 18.4 Å². The number of carbonyl (C=O) groups excluding carboxylic acids is 1. The van der Waals surface area contributed by atoms with Crippen molar-refractivity contribution >= 4 is 15.9 Å². The maximum absolute atomic E-state index is 13.1. The summed E-state index contributed by atoms with van der Waals surface area (Å²) >= 11 is 0. The number of amides is 1. The Morgan fingerprint density at radius 1 is 1.36 bits per heavy atom. The van der Waals surface area contributed by atoms with Crippen LogP contribution < -0.4 is 5.32 Å². The number of sulfonamides is 1. The lowest BCUT2D eigenvalue weighted by atomic mass is 10.0. The Bertz CT molecular complexity index is 767. The van der Waals surface area contributed by atoms with Gasteiger partial charge in [0, 0.05) is 12.1 Å². The fourth-order valence-corrected chi connectivity index (χ4v) is 5.39. The molecule has 1 N–H and O–H groups in total. The van der Waals surface area contributed by atoms with Crippen molar-refractivity contribution in [1.29, 1.82) is 0 Å². The first-order chi connectivity index (χ1) is 13.1. The third-order valence-electron chi connectivity index (χ3n) is 5.09. The van der Waals surface area contributed by atoms with Crippen LogP contribution in [-0.2, 0) is 14.8 Å². The van der Waals surface area contributed by atoms with Crippen LogP contribution in [0.1, 0.15) is 57.3 Å². The Kier molecular flexibility index (Phi) is 7.59. The van der Waals surface area contributed by atoms with Crippen LogP contribution in [0.5, 0.6) is 0 Å². The topological polar surface area (TPSA) is 75.7 Å². The van der Waals surface area contributed by atoms with Gasteiger partial charge in [-0.2, -0.15) is 4.31 Å². The molecule has 0 aliphatic carbocycles. The Hall–Kier alpha value is -1.51. The molecule has 0 bridgehead atoms. The zero-order chi connectivity index (χ0) is 20.9. The summed E-state index contributed by atoms with van der Waals surface area (Å²) in [6.07, 6.45) is 2.15. The minimum Gasteiger partial charge on any atom is -0.358 e. The number of halogens is 1. The highest BCUT2D eigenvalue weighted by Gasteiger charge is 2.49. The monoisotopic (exact) mass is 414 g/mol. The zero-order valence-electron chi connectivity index (χ0n) is 17.1. The molecular formula is C20H31FN2O4S. The van der Waals surface area contributed by atoms with Crippen LogP contribution in [0.4, 0.5) is 4.39 Å². The molecule has 1 amide bonds. The molecular weight excluding hydrogens is 383 g/mol. The predicted molar refractivity (Wildman–Crippen MR) is 107 cm³/mol. The van der Waals surface area contributed by atoms with Gasteiger partial charge in [-0.05, 0) is 56.4 Å². The second kappa shape index (κ2) is 9.33. The van der Waals surface area contributed by atoms with Crippen molar-refractivity contribution < 1.29 is 22.3 Å². The maximum Gasteiger partial charge on any atom is 0.251 e. The van der Waals surface area contributed by atoms with Crippen molar-refractivity contribution in [2.75, 3.05) is 18.9 Å². The molecule has 1 aliphatic heterocycles. The van der Waals surface area contributed by atoms with Crippen molar-refractivity contribution in [2.24, 2.45) is 5.92 Å². The van der Waals surface area contributed by atoms with Gasteiger partial charge in [-0.3, -0.25) is 4.79 Å². The summed E-state index contributed by atoms with van der Waals surface area (Å²) in [5.74, 6) is -0.626. The fraction of sp³-hybridized carbons (Fsp3) is 0.650. The molecule has 1 fully saturated rings. The molecule has 158 valence electrons. The van der Waals surface area contributed by atoms with Crippen molar-refractivity contribution in [2.45, 2.75) is 58.7 Å². The van der Waals surface area contributed by atoms with E-state index >= 15 is 0 Å². The van der Waals surface area contributed by atoms with Gasteiger partial charge < -0.3 is 10.1 Å². The molecule has 1 aromatic rings. The largest absolute Gasteiger partial charge is 0.358 e. The van der Waals surface area contributed by atoms with Gasteiger partial charge in [0.2, 0.25) is 10.0 Å². The summed E-state index contributed by atoms with van der Waals surface area (Å²) in [6.45, 7) is 8.33. The van der Waals surface area contributed by atoms with Crippen molar-refractivity contribution in [3.05, 3.63) is 35.6 Å². The van der Waals surface area contributed by atoms with E-state index in [0.717, 1.165) is 6.42 Å². The van der Waals surface area contributed by atoms with Crippen LogP contribution >= 0.6 is 0 Å². The highest BCUT2D eigenvalue weighted by atomic mass is 32.2. The molecule has 1 heterocycles. The van der Waals surface area contributed by atoms with Gasteiger partial charge >= 0.3 is 0 Å². The minimum atomic E-state index is -3.63. The van der Waals surface area contributed by atoms with Crippen LogP contribution in [0, 0.1) is 11.7 Å².